The summed E-state index contributed by atoms with van der Waals surface area (Å²) in [5, 5.41) is 2.42. The molecule has 2 heterocycles. The number of hydrogen-bond acceptors (Lipinski definition) is 6. The molecule has 0 bridgehead atoms. The molecular formula is C15H14N4O4S. The lowest BCUT2D eigenvalue weighted by Gasteiger charge is -2.06. The van der Waals surface area contributed by atoms with E-state index in [0.717, 1.165) is 0 Å². The summed E-state index contributed by atoms with van der Waals surface area (Å²) in [7, 11) is -2.47. The average Bonchev–Trinajstić information content (AvgIpc) is 2.95. The first-order valence-electron chi connectivity index (χ1n) is 6.84. The number of carbonyl (C=O) groups excluding carboxylic acids is 1. The normalized spacial score (nSPS) is 11.4. The third kappa shape index (κ3) is 2.88. The SMILES string of the molecule is COC(=O)Nc1cn2cc(S(=O)(=O)c3cccc(N)c3)ccc2n1. The molecule has 0 fully saturated rings. The van der Waals surface area contributed by atoms with Crippen molar-refractivity contribution in [3.05, 3.63) is 48.8 Å². The molecule has 124 valence electrons. The van der Waals surface area contributed by atoms with Gasteiger partial charge in [0.15, 0.2) is 5.82 Å². The first-order valence-corrected chi connectivity index (χ1v) is 8.33. The summed E-state index contributed by atoms with van der Waals surface area (Å²) in [5.41, 5.74) is 6.50. The molecule has 2 aromatic heterocycles. The third-order valence-electron chi connectivity index (χ3n) is 3.32. The van der Waals surface area contributed by atoms with Gasteiger partial charge in [0.25, 0.3) is 0 Å². The van der Waals surface area contributed by atoms with Gasteiger partial charge in [0.05, 0.1) is 23.1 Å². The van der Waals surface area contributed by atoms with Crippen LogP contribution in [0.3, 0.4) is 0 Å². The molecule has 3 rings (SSSR count). The molecule has 0 aliphatic carbocycles. The van der Waals surface area contributed by atoms with E-state index in [2.05, 4.69) is 15.0 Å². The maximum Gasteiger partial charge on any atom is 0.412 e. The van der Waals surface area contributed by atoms with Crippen molar-refractivity contribution < 1.29 is 17.9 Å². The minimum atomic E-state index is -3.71. The second kappa shape index (κ2) is 5.85. The van der Waals surface area contributed by atoms with E-state index >= 15 is 0 Å². The zero-order chi connectivity index (χ0) is 17.3. The van der Waals surface area contributed by atoms with Gasteiger partial charge in [-0.25, -0.2) is 18.2 Å². The van der Waals surface area contributed by atoms with Crippen LogP contribution in [0.15, 0.2) is 58.6 Å². The van der Waals surface area contributed by atoms with Gasteiger partial charge in [-0.1, -0.05) is 6.07 Å². The summed E-state index contributed by atoms with van der Waals surface area (Å²) in [5.74, 6) is 0.250. The fourth-order valence-electron chi connectivity index (χ4n) is 2.16. The summed E-state index contributed by atoms with van der Waals surface area (Å²) in [6.07, 6.45) is 2.25. The minimum absolute atomic E-state index is 0.0858. The van der Waals surface area contributed by atoms with Crippen LogP contribution in [0.2, 0.25) is 0 Å². The Morgan fingerprint density at radius 1 is 1.21 bits per heavy atom. The van der Waals surface area contributed by atoms with Gasteiger partial charge < -0.3 is 14.9 Å². The van der Waals surface area contributed by atoms with Crippen LogP contribution in [0.4, 0.5) is 16.3 Å². The first-order chi connectivity index (χ1) is 11.4. The average molecular weight is 346 g/mol. The predicted molar refractivity (Wildman–Crippen MR) is 87.5 cm³/mol. The molecule has 9 heteroatoms. The number of hydrogen-bond donors (Lipinski definition) is 2. The van der Waals surface area contributed by atoms with Crippen LogP contribution in [0.1, 0.15) is 0 Å². The van der Waals surface area contributed by atoms with Gasteiger partial charge in [0, 0.05) is 11.9 Å². The number of nitrogen functional groups attached to an aromatic ring is 1. The molecule has 0 saturated heterocycles. The van der Waals surface area contributed by atoms with E-state index < -0.39 is 15.9 Å². The molecule has 0 unspecified atom stereocenters. The van der Waals surface area contributed by atoms with Crippen molar-refractivity contribution in [2.24, 2.45) is 0 Å². The maximum absolute atomic E-state index is 12.7. The number of sulfone groups is 1. The Morgan fingerprint density at radius 2 is 2.00 bits per heavy atom. The molecule has 24 heavy (non-hydrogen) atoms. The van der Waals surface area contributed by atoms with Crippen molar-refractivity contribution in [3.63, 3.8) is 0 Å². The van der Waals surface area contributed by atoms with Crippen LogP contribution in [-0.2, 0) is 14.6 Å². The summed E-state index contributed by atoms with van der Waals surface area (Å²) >= 11 is 0. The second-order valence-electron chi connectivity index (χ2n) is 4.95. The molecule has 8 nitrogen and oxygen atoms in total. The number of rotatable bonds is 3. The summed E-state index contributed by atoms with van der Waals surface area (Å²) < 4.78 is 31.4. The molecule has 0 aliphatic heterocycles. The highest BCUT2D eigenvalue weighted by Gasteiger charge is 2.19. The third-order valence-corrected chi connectivity index (χ3v) is 5.05. The number of fused-ring (bicyclic) bond motifs is 1. The summed E-state index contributed by atoms with van der Waals surface area (Å²) in [6, 6.07) is 9.06. The highest BCUT2D eigenvalue weighted by molar-refractivity contribution is 7.91. The Hall–Kier alpha value is -3.07. The number of imidazole rings is 1. The summed E-state index contributed by atoms with van der Waals surface area (Å²) in [4.78, 5) is 15.5. The van der Waals surface area contributed by atoms with E-state index in [0.29, 0.717) is 11.3 Å². The molecule has 3 aromatic rings. The van der Waals surface area contributed by atoms with Crippen molar-refractivity contribution in [1.29, 1.82) is 0 Å². The number of benzene rings is 1. The van der Waals surface area contributed by atoms with E-state index in [1.165, 1.54) is 42.1 Å². The lowest BCUT2D eigenvalue weighted by Crippen LogP contribution is -2.10. The molecule has 0 atom stereocenters. The number of methoxy groups -OCH3 is 1. The monoisotopic (exact) mass is 346 g/mol. The number of carbonyl (C=O) groups is 1. The molecule has 3 N–H and O–H groups in total. The number of anilines is 2. The van der Waals surface area contributed by atoms with Crippen LogP contribution >= 0.6 is 0 Å². The fourth-order valence-corrected chi connectivity index (χ4v) is 3.48. The number of nitrogens with zero attached hydrogens (tertiary/aromatic N) is 2. The van der Waals surface area contributed by atoms with Crippen molar-refractivity contribution in [1.82, 2.24) is 9.38 Å². The van der Waals surface area contributed by atoms with E-state index in [1.807, 2.05) is 0 Å². The Balaban J connectivity index is 2.02. The van der Waals surface area contributed by atoms with Gasteiger partial charge in [-0.3, -0.25) is 5.32 Å². The van der Waals surface area contributed by atoms with Gasteiger partial charge in [-0.15, -0.1) is 0 Å². The Kier molecular flexibility index (Phi) is 3.86. The maximum atomic E-state index is 12.7. The van der Waals surface area contributed by atoms with Crippen molar-refractivity contribution >= 4 is 33.1 Å². The smallest absolute Gasteiger partial charge is 0.412 e. The largest absolute Gasteiger partial charge is 0.453 e. The van der Waals surface area contributed by atoms with Crippen LogP contribution < -0.4 is 11.1 Å². The Bertz CT molecular complexity index is 1030. The number of nitrogens with one attached hydrogen (secondary N) is 1. The van der Waals surface area contributed by atoms with Crippen molar-refractivity contribution in [3.8, 4) is 0 Å². The second-order valence-corrected chi connectivity index (χ2v) is 6.90. The first kappa shape index (κ1) is 15.8. The van der Waals surface area contributed by atoms with E-state index in [-0.39, 0.29) is 15.6 Å². The van der Waals surface area contributed by atoms with Gasteiger partial charge in [-0.05, 0) is 30.3 Å². The number of amides is 1. The van der Waals surface area contributed by atoms with E-state index in [1.54, 1.807) is 18.2 Å². The van der Waals surface area contributed by atoms with Gasteiger partial charge >= 0.3 is 6.09 Å². The number of pyridine rings is 1. The van der Waals surface area contributed by atoms with Gasteiger partial charge in [-0.2, -0.15) is 0 Å². The lowest BCUT2D eigenvalue weighted by molar-refractivity contribution is 0.187. The van der Waals surface area contributed by atoms with Crippen LogP contribution in [0.5, 0.6) is 0 Å². The Morgan fingerprint density at radius 3 is 2.71 bits per heavy atom. The predicted octanol–water partition coefficient (Wildman–Crippen LogP) is 1.93. The highest BCUT2D eigenvalue weighted by atomic mass is 32.2. The van der Waals surface area contributed by atoms with E-state index in [4.69, 9.17) is 5.73 Å². The molecule has 1 amide bonds. The van der Waals surface area contributed by atoms with Crippen LogP contribution in [-0.4, -0.2) is 31.0 Å². The van der Waals surface area contributed by atoms with Crippen LogP contribution in [0, 0.1) is 0 Å². The highest BCUT2D eigenvalue weighted by Crippen LogP contribution is 2.23. The number of ether oxygens (including phenoxy) is 1. The van der Waals surface area contributed by atoms with Crippen molar-refractivity contribution in [2.75, 3.05) is 18.2 Å². The van der Waals surface area contributed by atoms with Crippen LogP contribution in [0.25, 0.3) is 5.65 Å². The molecule has 0 saturated carbocycles. The molecule has 1 aromatic carbocycles. The molecule has 0 radical (unpaired) electrons. The minimum Gasteiger partial charge on any atom is -0.453 e. The molecule has 0 aliphatic rings. The topological polar surface area (TPSA) is 116 Å². The van der Waals surface area contributed by atoms with Gasteiger partial charge in [0.1, 0.15) is 5.65 Å². The fraction of sp³-hybridized carbons (Fsp3) is 0.0667. The van der Waals surface area contributed by atoms with E-state index in [9.17, 15) is 13.2 Å². The zero-order valence-corrected chi connectivity index (χ0v) is 13.4. The summed E-state index contributed by atoms with van der Waals surface area (Å²) in [6.45, 7) is 0. The standard InChI is InChI=1S/C15H14N4O4S/c1-23-15(20)18-13-9-19-8-12(5-6-14(19)17-13)24(21,22)11-4-2-3-10(16)7-11/h2-9H,16H2,1H3,(H,18,20). The number of nitrogens with two attached hydrogens (primary N) is 1. The molecular weight excluding hydrogens is 332 g/mol. The number of aromatic nitrogens is 2. The lowest BCUT2D eigenvalue weighted by atomic mass is 10.3. The quantitative estimate of drug-likeness (QED) is 0.700. The molecule has 0 spiro atoms. The van der Waals surface area contributed by atoms with Crippen molar-refractivity contribution in [2.45, 2.75) is 9.79 Å². The van der Waals surface area contributed by atoms with Gasteiger partial charge in [0.2, 0.25) is 9.84 Å². The Labute approximate surface area is 137 Å². The zero-order valence-electron chi connectivity index (χ0n) is 12.6.